The van der Waals surface area contributed by atoms with Crippen molar-refractivity contribution in [1.29, 1.82) is 0 Å². The molecule has 1 aromatic carbocycles. The zero-order valence-electron chi connectivity index (χ0n) is 23.4. The van der Waals surface area contributed by atoms with E-state index >= 15 is 4.39 Å². The summed E-state index contributed by atoms with van der Waals surface area (Å²) in [6, 6.07) is 8.15. The predicted molar refractivity (Wildman–Crippen MR) is 155 cm³/mol. The molecule has 1 N–H and O–H groups in total. The highest BCUT2D eigenvalue weighted by atomic mass is 32.2. The van der Waals surface area contributed by atoms with Gasteiger partial charge in [0.05, 0.1) is 17.6 Å². The Morgan fingerprint density at radius 1 is 1.28 bits per heavy atom. The normalized spacial score (nSPS) is 28.6. The number of nitrogens with one attached hydrogen (secondary N) is 1. The molecule has 7 nitrogen and oxygen atoms in total. The van der Waals surface area contributed by atoms with E-state index in [-0.39, 0.29) is 30.3 Å². The lowest BCUT2D eigenvalue weighted by atomic mass is 9.83. The SMILES string of the molecule is COC1CC(N2CC[C@H]([C@@H](C)n3c(C)c(C(=O)NCC4C(=O)N=C(C)C=C4SC)c4ccccc43)[C@H](F)C2)C1. The molecule has 210 valence electrons. The number of fused-ring (bicyclic) bond motifs is 1. The Balaban J connectivity index is 1.34. The van der Waals surface area contributed by atoms with Gasteiger partial charge in [-0.3, -0.25) is 14.5 Å². The molecule has 1 aromatic heterocycles. The fourth-order valence-corrected chi connectivity index (χ4v) is 7.39. The second-order valence-corrected chi connectivity index (χ2v) is 12.0. The average Bonchev–Trinajstić information content (AvgIpc) is 3.18. The summed E-state index contributed by atoms with van der Waals surface area (Å²) < 4.78 is 23.2. The molecule has 5 rings (SSSR count). The molecule has 3 heterocycles. The maximum Gasteiger partial charge on any atom is 0.255 e. The van der Waals surface area contributed by atoms with Crippen LogP contribution in [0.4, 0.5) is 4.39 Å². The number of nitrogens with zero attached hydrogens (tertiary/aromatic N) is 3. The first-order valence-electron chi connectivity index (χ1n) is 13.9. The minimum Gasteiger partial charge on any atom is -0.381 e. The highest BCUT2D eigenvalue weighted by Gasteiger charge is 2.41. The fourth-order valence-electron chi connectivity index (χ4n) is 6.63. The largest absolute Gasteiger partial charge is 0.381 e. The Bertz CT molecular complexity index is 1310. The Labute approximate surface area is 234 Å². The number of aliphatic imine (C=N–C) groups is 1. The quantitative estimate of drug-likeness (QED) is 0.500. The number of thioether (sulfide) groups is 1. The molecule has 2 fully saturated rings. The van der Waals surface area contributed by atoms with Gasteiger partial charge in [-0.1, -0.05) is 18.2 Å². The molecular weight excluding hydrogens is 515 g/mol. The van der Waals surface area contributed by atoms with Gasteiger partial charge in [-0.05, 0) is 65.0 Å². The van der Waals surface area contributed by atoms with Crippen LogP contribution >= 0.6 is 11.8 Å². The Kier molecular flexibility index (Phi) is 8.31. The van der Waals surface area contributed by atoms with E-state index < -0.39 is 12.1 Å². The standard InChI is InChI=1S/C30H39FN4O3S/c1-17-12-27(39-5)24(29(36)33-17)15-32-30(37)28-19(3)35(26-9-7-6-8-23(26)28)18(2)22-10-11-34(16-25(22)31)20-13-21(14-20)38-4/h6-9,12,18,20-22,24-25H,10-11,13-16H2,1-5H3,(H,32,37)/t18-,20?,21?,22-,24?,25-/m1/s1. The molecule has 0 bridgehead atoms. The number of allylic oxidation sites excluding steroid dienone is 1. The second kappa shape index (κ2) is 11.6. The third-order valence-corrected chi connectivity index (χ3v) is 9.81. The van der Waals surface area contributed by atoms with Gasteiger partial charge in [-0.2, -0.15) is 0 Å². The van der Waals surface area contributed by atoms with Crippen LogP contribution in [0, 0.1) is 18.8 Å². The van der Waals surface area contributed by atoms with Gasteiger partial charge in [-0.25, -0.2) is 9.38 Å². The van der Waals surface area contributed by atoms with Crippen molar-refractivity contribution < 1.29 is 18.7 Å². The van der Waals surface area contributed by atoms with Crippen molar-refractivity contribution in [2.75, 3.05) is 33.0 Å². The lowest BCUT2D eigenvalue weighted by Crippen LogP contribution is -2.54. The van der Waals surface area contributed by atoms with E-state index in [1.165, 1.54) is 11.8 Å². The van der Waals surface area contributed by atoms with Crippen LogP contribution in [0.1, 0.15) is 55.2 Å². The highest BCUT2D eigenvalue weighted by molar-refractivity contribution is 8.02. The van der Waals surface area contributed by atoms with Crippen LogP contribution < -0.4 is 5.32 Å². The number of aromatic nitrogens is 1. The van der Waals surface area contributed by atoms with E-state index in [1.807, 2.05) is 43.5 Å². The molecule has 1 saturated heterocycles. The lowest BCUT2D eigenvalue weighted by molar-refractivity contribution is -0.120. The molecule has 1 aliphatic carbocycles. The lowest BCUT2D eigenvalue weighted by Gasteiger charge is -2.47. The number of piperidine rings is 1. The third-order valence-electron chi connectivity index (χ3n) is 8.93. The summed E-state index contributed by atoms with van der Waals surface area (Å²) in [4.78, 5) is 33.4. The Hall–Kier alpha value is -2.49. The number of para-hydroxylation sites is 1. The third kappa shape index (κ3) is 5.33. The molecular formula is C30H39FN4O3S. The van der Waals surface area contributed by atoms with E-state index in [9.17, 15) is 9.59 Å². The smallest absolute Gasteiger partial charge is 0.255 e. The van der Waals surface area contributed by atoms with Crippen LogP contribution in [0.3, 0.4) is 0 Å². The van der Waals surface area contributed by atoms with Gasteiger partial charge in [0, 0.05) is 65.4 Å². The molecule has 4 atom stereocenters. The first kappa shape index (κ1) is 28.1. The van der Waals surface area contributed by atoms with Gasteiger partial charge in [0.2, 0.25) is 0 Å². The number of halogens is 1. The van der Waals surface area contributed by atoms with Gasteiger partial charge >= 0.3 is 0 Å². The number of amides is 2. The number of ether oxygens (including phenoxy) is 1. The molecule has 0 radical (unpaired) electrons. The molecule has 2 amide bonds. The average molecular weight is 555 g/mol. The van der Waals surface area contributed by atoms with Gasteiger partial charge in [-0.15, -0.1) is 11.8 Å². The molecule has 1 unspecified atom stereocenters. The summed E-state index contributed by atoms with van der Waals surface area (Å²) in [5, 5.41) is 3.85. The maximum atomic E-state index is 15.7. The van der Waals surface area contributed by atoms with Gasteiger partial charge < -0.3 is 14.6 Å². The van der Waals surface area contributed by atoms with Crippen molar-refractivity contribution in [3.8, 4) is 0 Å². The van der Waals surface area contributed by atoms with Crippen LogP contribution in [-0.2, 0) is 9.53 Å². The minimum absolute atomic E-state index is 0.107. The van der Waals surface area contributed by atoms with Crippen molar-refractivity contribution >= 4 is 40.2 Å². The van der Waals surface area contributed by atoms with Crippen molar-refractivity contribution in [2.24, 2.45) is 16.8 Å². The highest BCUT2D eigenvalue weighted by Crippen LogP contribution is 2.39. The summed E-state index contributed by atoms with van der Waals surface area (Å²) in [6.45, 7) is 7.34. The summed E-state index contributed by atoms with van der Waals surface area (Å²) in [5.41, 5.74) is 3.02. The van der Waals surface area contributed by atoms with Crippen LogP contribution in [-0.4, -0.2) is 78.3 Å². The van der Waals surface area contributed by atoms with E-state index in [2.05, 4.69) is 26.7 Å². The molecule has 9 heteroatoms. The number of dihydropyridines is 1. The summed E-state index contributed by atoms with van der Waals surface area (Å²) in [5.74, 6) is -1.07. The zero-order chi connectivity index (χ0) is 27.8. The maximum absolute atomic E-state index is 15.7. The number of carbonyl (C=O) groups excluding carboxylic acids is 2. The summed E-state index contributed by atoms with van der Waals surface area (Å²) in [7, 11) is 1.74. The van der Waals surface area contributed by atoms with Crippen LogP contribution in [0.15, 0.2) is 40.2 Å². The first-order chi connectivity index (χ1) is 18.7. The van der Waals surface area contributed by atoms with E-state index in [0.717, 1.165) is 47.3 Å². The number of rotatable bonds is 8. The number of hydrogen-bond acceptors (Lipinski definition) is 5. The van der Waals surface area contributed by atoms with E-state index in [1.54, 1.807) is 14.0 Å². The predicted octanol–water partition coefficient (Wildman–Crippen LogP) is 4.94. The molecule has 0 spiro atoms. The van der Waals surface area contributed by atoms with Crippen molar-refractivity contribution in [1.82, 2.24) is 14.8 Å². The Morgan fingerprint density at radius 2 is 2.03 bits per heavy atom. The number of benzene rings is 1. The van der Waals surface area contributed by atoms with Crippen molar-refractivity contribution in [3.05, 3.63) is 46.5 Å². The number of likely N-dealkylation sites (tertiary alicyclic amines) is 1. The van der Waals surface area contributed by atoms with Crippen molar-refractivity contribution in [3.63, 3.8) is 0 Å². The first-order valence-corrected chi connectivity index (χ1v) is 15.1. The number of hydrogen-bond donors (Lipinski definition) is 1. The minimum atomic E-state index is -0.939. The molecule has 1 saturated carbocycles. The molecule has 3 aliphatic rings. The fraction of sp³-hybridized carbons (Fsp3) is 0.567. The molecule has 39 heavy (non-hydrogen) atoms. The number of carbonyl (C=O) groups is 2. The van der Waals surface area contributed by atoms with Crippen LogP contribution in [0.2, 0.25) is 0 Å². The zero-order valence-corrected chi connectivity index (χ0v) is 24.3. The second-order valence-electron chi connectivity index (χ2n) is 11.1. The molecule has 2 aliphatic heterocycles. The van der Waals surface area contributed by atoms with E-state index in [4.69, 9.17) is 4.74 Å². The summed E-state index contributed by atoms with van der Waals surface area (Å²) in [6.07, 6.45) is 5.94. The van der Waals surface area contributed by atoms with Crippen LogP contribution in [0.5, 0.6) is 0 Å². The van der Waals surface area contributed by atoms with Crippen LogP contribution in [0.25, 0.3) is 10.9 Å². The van der Waals surface area contributed by atoms with Gasteiger partial charge in [0.25, 0.3) is 11.8 Å². The number of methoxy groups -OCH3 is 1. The summed E-state index contributed by atoms with van der Waals surface area (Å²) >= 11 is 1.51. The monoisotopic (exact) mass is 554 g/mol. The topological polar surface area (TPSA) is 75.9 Å². The number of alkyl halides is 1. The Morgan fingerprint density at radius 3 is 2.72 bits per heavy atom. The van der Waals surface area contributed by atoms with Gasteiger partial charge in [0.15, 0.2) is 0 Å². The molecule has 2 aromatic rings. The van der Waals surface area contributed by atoms with E-state index in [0.29, 0.717) is 30.0 Å². The van der Waals surface area contributed by atoms with Crippen molar-refractivity contribution in [2.45, 2.75) is 64.4 Å². The van der Waals surface area contributed by atoms with Gasteiger partial charge in [0.1, 0.15) is 6.17 Å².